The summed E-state index contributed by atoms with van der Waals surface area (Å²) in [5.74, 6) is 1.55. The average molecular weight is 207 g/mol. The van der Waals surface area contributed by atoms with Gasteiger partial charge in [0, 0.05) is 11.9 Å². The number of nitriles is 1. The summed E-state index contributed by atoms with van der Waals surface area (Å²) in [5, 5.41) is 9.52. The van der Waals surface area contributed by atoms with E-state index in [0.717, 1.165) is 10.8 Å². The Labute approximate surface area is 88.3 Å². The molecule has 74 valence electrons. The van der Waals surface area contributed by atoms with E-state index in [9.17, 15) is 0 Å². The van der Waals surface area contributed by atoms with Crippen LogP contribution in [0.15, 0.2) is 17.3 Å². The zero-order valence-corrected chi connectivity index (χ0v) is 9.14. The number of hydrogen-bond donors (Lipinski definition) is 1. The maximum absolute atomic E-state index is 8.75. The van der Waals surface area contributed by atoms with Gasteiger partial charge in [-0.2, -0.15) is 5.26 Å². The second-order valence-electron chi connectivity index (χ2n) is 3.39. The topological polar surface area (TPSA) is 62.7 Å². The molecule has 1 rings (SSSR count). The summed E-state index contributed by atoms with van der Waals surface area (Å²) in [4.78, 5) is 4.15. The first-order valence-corrected chi connectivity index (χ1v) is 5.41. The Morgan fingerprint density at radius 3 is 2.93 bits per heavy atom. The number of nitrogen functional groups attached to an aromatic ring is 1. The van der Waals surface area contributed by atoms with Crippen LogP contribution in [0.2, 0.25) is 0 Å². The van der Waals surface area contributed by atoms with Crippen LogP contribution >= 0.6 is 11.8 Å². The van der Waals surface area contributed by atoms with Gasteiger partial charge in [0.1, 0.15) is 11.1 Å². The number of nitrogens with two attached hydrogens (primary N) is 1. The summed E-state index contributed by atoms with van der Waals surface area (Å²) >= 11 is 1.60. The highest BCUT2D eigenvalue weighted by molar-refractivity contribution is 7.99. The van der Waals surface area contributed by atoms with E-state index in [4.69, 9.17) is 11.0 Å². The smallest absolute Gasteiger partial charge is 0.120 e. The zero-order valence-electron chi connectivity index (χ0n) is 8.32. The third-order valence-electron chi connectivity index (χ3n) is 1.63. The van der Waals surface area contributed by atoms with Gasteiger partial charge < -0.3 is 5.73 Å². The molecule has 1 aromatic rings. The Morgan fingerprint density at radius 2 is 2.36 bits per heavy atom. The zero-order chi connectivity index (χ0) is 10.6. The monoisotopic (exact) mass is 207 g/mol. The molecule has 0 amide bonds. The van der Waals surface area contributed by atoms with Gasteiger partial charge in [0.15, 0.2) is 0 Å². The van der Waals surface area contributed by atoms with Gasteiger partial charge >= 0.3 is 0 Å². The maximum atomic E-state index is 8.75. The molecule has 0 aromatic carbocycles. The van der Waals surface area contributed by atoms with Gasteiger partial charge in [0.05, 0.1) is 11.3 Å². The predicted octanol–water partition coefficient (Wildman–Crippen LogP) is 2.28. The fourth-order valence-electron chi connectivity index (χ4n) is 0.912. The van der Waals surface area contributed by atoms with E-state index in [2.05, 4.69) is 18.8 Å². The summed E-state index contributed by atoms with van der Waals surface area (Å²) in [7, 11) is 0. The highest BCUT2D eigenvalue weighted by Gasteiger charge is 2.06. The van der Waals surface area contributed by atoms with Crippen molar-refractivity contribution in [2.45, 2.75) is 18.9 Å². The number of rotatable bonds is 3. The van der Waals surface area contributed by atoms with Gasteiger partial charge in [0.25, 0.3) is 0 Å². The lowest BCUT2D eigenvalue weighted by Gasteiger charge is -2.06. The molecule has 0 aliphatic heterocycles. The van der Waals surface area contributed by atoms with Gasteiger partial charge in [-0.05, 0) is 12.0 Å². The molecular formula is C10H13N3S. The molecule has 0 unspecified atom stereocenters. The third kappa shape index (κ3) is 2.64. The van der Waals surface area contributed by atoms with Gasteiger partial charge in [-0.3, -0.25) is 0 Å². The third-order valence-corrected chi connectivity index (χ3v) is 3.06. The maximum Gasteiger partial charge on any atom is 0.120 e. The summed E-state index contributed by atoms with van der Waals surface area (Å²) < 4.78 is 0. The Morgan fingerprint density at radius 1 is 1.64 bits per heavy atom. The molecule has 0 aliphatic rings. The van der Waals surface area contributed by atoms with Crippen molar-refractivity contribution in [1.29, 1.82) is 5.26 Å². The summed E-state index contributed by atoms with van der Waals surface area (Å²) in [5.41, 5.74) is 6.78. The van der Waals surface area contributed by atoms with Crippen LogP contribution in [-0.2, 0) is 0 Å². The molecule has 2 N–H and O–H groups in total. The van der Waals surface area contributed by atoms with Crippen LogP contribution in [0.4, 0.5) is 5.69 Å². The second kappa shape index (κ2) is 4.87. The molecule has 0 bridgehead atoms. The SMILES string of the molecule is CC(C)CSc1nccc(C#N)c1N. The van der Waals surface area contributed by atoms with Gasteiger partial charge in [0.2, 0.25) is 0 Å². The van der Waals surface area contributed by atoms with Crippen LogP contribution in [0.3, 0.4) is 0 Å². The molecule has 0 radical (unpaired) electrons. The highest BCUT2D eigenvalue weighted by Crippen LogP contribution is 2.26. The molecule has 0 saturated heterocycles. The first-order valence-electron chi connectivity index (χ1n) is 4.42. The van der Waals surface area contributed by atoms with E-state index >= 15 is 0 Å². The van der Waals surface area contributed by atoms with E-state index in [0.29, 0.717) is 17.2 Å². The van der Waals surface area contributed by atoms with Crippen molar-refractivity contribution in [3.05, 3.63) is 17.8 Å². The Hall–Kier alpha value is -1.21. The summed E-state index contributed by atoms with van der Waals surface area (Å²) in [6, 6.07) is 3.68. The number of pyridine rings is 1. The number of hydrogen-bond acceptors (Lipinski definition) is 4. The fraction of sp³-hybridized carbons (Fsp3) is 0.400. The van der Waals surface area contributed by atoms with Crippen molar-refractivity contribution < 1.29 is 0 Å². The Balaban J connectivity index is 2.83. The van der Waals surface area contributed by atoms with E-state index in [1.165, 1.54) is 0 Å². The minimum absolute atomic E-state index is 0.501. The predicted molar refractivity (Wildman–Crippen MR) is 58.9 cm³/mol. The van der Waals surface area contributed by atoms with Gasteiger partial charge in [-0.1, -0.05) is 13.8 Å². The molecule has 3 nitrogen and oxygen atoms in total. The molecule has 0 atom stereocenters. The standard InChI is InChI=1S/C10H13N3S/c1-7(2)6-14-10-9(12)8(5-11)3-4-13-10/h3-4,7H,6,12H2,1-2H3. The van der Waals surface area contributed by atoms with Crippen molar-refractivity contribution >= 4 is 17.4 Å². The van der Waals surface area contributed by atoms with Gasteiger partial charge in [-0.15, -0.1) is 11.8 Å². The quantitative estimate of drug-likeness (QED) is 0.772. The molecule has 4 heteroatoms. The molecule has 0 aliphatic carbocycles. The van der Waals surface area contributed by atoms with Crippen LogP contribution in [0.1, 0.15) is 19.4 Å². The van der Waals surface area contributed by atoms with E-state index in [1.807, 2.05) is 6.07 Å². The first-order chi connectivity index (χ1) is 6.65. The Kier molecular flexibility index (Phi) is 3.78. The molecule has 0 fully saturated rings. The lowest BCUT2D eigenvalue weighted by atomic mass is 10.2. The van der Waals surface area contributed by atoms with E-state index in [-0.39, 0.29) is 0 Å². The van der Waals surface area contributed by atoms with Crippen molar-refractivity contribution in [3.63, 3.8) is 0 Å². The minimum atomic E-state index is 0.501. The van der Waals surface area contributed by atoms with E-state index in [1.54, 1.807) is 24.0 Å². The number of anilines is 1. The normalized spacial score (nSPS) is 10.1. The molecular weight excluding hydrogens is 194 g/mol. The molecule has 1 aromatic heterocycles. The summed E-state index contributed by atoms with van der Waals surface area (Å²) in [6.45, 7) is 4.27. The first kappa shape index (κ1) is 10.9. The molecule has 1 heterocycles. The minimum Gasteiger partial charge on any atom is -0.395 e. The van der Waals surface area contributed by atoms with Gasteiger partial charge in [-0.25, -0.2) is 4.98 Å². The second-order valence-corrected chi connectivity index (χ2v) is 4.40. The van der Waals surface area contributed by atoms with Crippen LogP contribution in [0.25, 0.3) is 0 Å². The highest BCUT2D eigenvalue weighted by atomic mass is 32.2. The molecule has 14 heavy (non-hydrogen) atoms. The van der Waals surface area contributed by atoms with Crippen molar-refractivity contribution in [2.75, 3.05) is 11.5 Å². The van der Waals surface area contributed by atoms with E-state index < -0.39 is 0 Å². The van der Waals surface area contributed by atoms with Crippen molar-refractivity contribution in [1.82, 2.24) is 4.98 Å². The van der Waals surface area contributed by atoms with Crippen LogP contribution < -0.4 is 5.73 Å². The van der Waals surface area contributed by atoms with Crippen LogP contribution in [-0.4, -0.2) is 10.7 Å². The van der Waals surface area contributed by atoms with Crippen LogP contribution in [0, 0.1) is 17.2 Å². The fourth-order valence-corrected chi connectivity index (χ4v) is 1.80. The lowest BCUT2D eigenvalue weighted by molar-refractivity contribution is 0.749. The average Bonchev–Trinajstić information content (AvgIpc) is 2.16. The van der Waals surface area contributed by atoms with Crippen molar-refractivity contribution in [3.8, 4) is 6.07 Å². The Bertz CT molecular complexity index is 355. The number of nitrogens with zero attached hydrogens (tertiary/aromatic N) is 2. The summed E-state index contributed by atoms with van der Waals surface area (Å²) in [6.07, 6.45) is 1.62. The largest absolute Gasteiger partial charge is 0.395 e. The van der Waals surface area contributed by atoms with Crippen molar-refractivity contribution in [2.24, 2.45) is 5.92 Å². The number of thioether (sulfide) groups is 1. The number of aromatic nitrogens is 1. The lowest BCUT2D eigenvalue weighted by Crippen LogP contribution is -1.98. The molecule has 0 spiro atoms. The van der Waals surface area contributed by atoms with Crippen LogP contribution in [0.5, 0.6) is 0 Å². The molecule has 0 saturated carbocycles.